The smallest absolute Gasteiger partial charge is 0.248 e. The number of carbonyl (C=O) groups excluding carboxylic acids is 3. The lowest BCUT2D eigenvalue weighted by Gasteiger charge is -2.39. The molecule has 4 saturated heterocycles. The molecule has 234 valence electrons. The van der Waals surface area contributed by atoms with E-state index in [1.54, 1.807) is 26.9 Å². The molecule has 3 amide bonds. The Hall–Kier alpha value is -3.05. The molecule has 3 unspecified atom stereocenters. The van der Waals surface area contributed by atoms with Crippen LogP contribution in [0.2, 0.25) is 0 Å². The number of hydrogen-bond donors (Lipinski definition) is 1. The molecular formula is C33H46N4O6. The van der Waals surface area contributed by atoms with Crippen LogP contribution in [0.25, 0.3) is 0 Å². The van der Waals surface area contributed by atoms with E-state index in [4.69, 9.17) is 9.47 Å². The molecule has 2 bridgehead atoms. The van der Waals surface area contributed by atoms with Gasteiger partial charge < -0.3 is 29.3 Å². The van der Waals surface area contributed by atoms with Crippen LogP contribution in [0.4, 0.5) is 5.69 Å². The van der Waals surface area contributed by atoms with Crippen LogP contribution in [-0.2, 0) is 23.9 Å². The minimum absolute atomic E-state index is 0.0684. The highest BCUT2D eigenvalue weighted by Crippen LogP contribution is 2.65. The van der Waals surface area contributed by atoms with Crippen LogP contribution in [0.15, 0.2) is 55.6 Å². The number of likely N-dealkylation sites (tertiary alicyclic amines) is 1. The first kappa shape index (κ1) is 31.4. The Morgan fingerprint density at radius 3 is 2.44 bits per heavy atom. The summed E-state index contributed by atoms with van der Waals surface area (Å²) in [7, 11) is 0. The fourth-order valence-corrected chi connectivity index (χ4v) is 7.81. The lowest BCUT2D eigenvalue weighted by molar-refractivity contribution is -0.152. The number of ether oxygens (including phenoxy) is 2. The predicted octanol–water partition coefficient (Wildman–Crippen LogP) is 1.95. The lowest BCUT2D eigenvalue weighted by atomic mass is 9.62. The van der Waals surface area contributed by atoms with Gasteiger partial charge in [-0.2, -0.15) is 0 Å². The number of aliphatic hydroxyl groups is 1. The normalized spacial score (nSPS) is 31.6. The fraction of sp³-hybridized carbons (Fsp3) is 0.606. The van der Waals surface area contributed by atoms with Gasteiger partial charge in [0.25, 0.3) is 0 Å². The summed E-state index contributed by atoms with van der Waals surface area (Å²) in [6, 6.07) is 8.48. The second kappa shape index (κ2) is 12.9. The molecule has 10 nitrogen and oxygen atoms in total. The molecule has 1 spiro atoms. The standard InChI is InChI=1S/C33H46N4O6/c1-5-13-35(17-16-34-18-21-42-22-19-34)31(41)28-33-23-24(3)32(4,43-33)26(27(33)30(40)37(28)15-10-20-38)29(39)36(14-6-2)25-11-8-7-9-12-25/h5-9,11-12,24,26-28,38H,1-2,10,13-23H2,3-4H3/t24?,26-,27+,28?,32+,33?/m1/s1. The van der Waals surface area contributed by atoms with Crippen molar-refractivity contribution in [2.45, 2.75) is 43.9 Å². The van der Waals surface area contributed by atoms with Crippen LogP contribution in [-0.4, -0.2) is 120 Å². The van der Waals surface area contributed by atoms with Crippen molar-refractivity contribution in [3.05, 3.63) is 55.6 Å². The van der Waals surface area contributed by atoms with E-state index in [1.807, 2.05) is 44.2 Å². The molecule has 6 atom stereocenters. The summed E-state index contributed by atoms with van der Waals surface area (Å²) in [5.74, 6) is -2.31. The molecule has 1 aromatic carbocycles. The van der Waals surface area contributed by atoms with Gasteiger partial charge in [-0.15, -0.1) is 13.2 Å². The number of para-hydroxylation sites is 1. The molecule has 43 heavy (non-hydrogen) atoms. The van der Waals surface area contributed by atoms with Gasteiger partial charge in [0, 0.05) is 58.1 Å². The Bertz CT molecular complexity index is 1210. The monoisotopic (exact) mass is 594 g/mol. The Balaban J connectivity index is 1.51. The molecular weight excluding hydrogens is 548 g/mol. The highest BCUT2D eigenvalue weighted by Gasteiger charge is 2.80. The average molecular weight is 595 g/mol. The number of aliphatic hydroxyl groups excluding tert-OH is 1. The minimum Gasteiger partial charge on any atom is -0.396 e. The first-order chi connectivity index (χ1) is 20.7. The second-order valence-corrected chi connectivity index (χ2v) is 12.4. The number of hydrogen-bond acceptors (Lipinski definition) is 7. The summed E-state index contributed by atoms with van der Waals surface area (Å²) >= 11 is 0. The third-order valence-electron chi connectivity index (χ3n) is 9.97. The zero-order valence-corrected chi connectivity index (χ0v) is 25.5. The lowest BCUT2D eigenvalue weighted by Crippen LogP contribution is -2.57. The molecule has 4 fully saturated rings. The number of anilines is 1. The maximum Gasteiger partial charge on any atom is 0.248 e. The summed E-state index contributed by atoms with van der Waals surface area (Å²) < 4.78 is 12.4. The van der Waals surface area contributed by atoms with Crippen molar-refractivity contribution in [3.63, 3.8) is 0 Å². The molecule has 10 heteroatoms. The van der Waals surface area contributed by atoms with E-state index < -0.39 is 29.1 Å². The van der Waals surface area contributed by atoms with Crippen LogP contribution in [0.5, 0.6) is 0 Å². The van der Waals surface area contributed by atoms with Crippen molar-refractivity contribution in [2.24, 2.45) is 17.8 Å². The van der Waals surface area contributed by atoms with Crippen molar-refractivity contribution in [1.82, 2.24) is 14.7 Å². The molecule has 0 aromatic heterocycles. The largest absolute Gasteiger partial charge is 0.396 e. The van der Waals surface area contributed by atoms with Gasteiger partial charge in [-0.25, -0.2) is 0 Å². The number of nitrogens with zero attached hydrogens (tertiary/aromatic N) is 4. The molecule has 4 aliphatic heterocycles. The van der Waals surface area contributed by atoms with E-state index in [2.05, 4.69) is 18.1 Å². The first-order valence-electron chi connectivity index (χ1n) is 15.5. The Morgan fingerprint density at radius 1 is 1.09 bits per heavy atom. The van der Waals surface area contributed by atoms with Crippen LogP contribution in [0, 0.1) is 17.8 Å². The molecule has 5 rings (SSSR count). The van der Waals surface area contributed by atoms with Crippen molar-refractivity contribution in [1.29, 1.82) is 0 Å². The van der Waals surface area contributed by atoms with Gasteiger partial charge in [-0.05, 0) is 37.8 Å². The van der Waals surface area contributed by atoms with Crippen molar-refractivity contribution in [2.75, 3.05) is 70.5 Å². The zero-order chi connectivity index (χ0) is 30.8. The summed E-state index contributed by atoms with van der Waals surface area (Å²) in [6.45, 7) is 16.5. The van der Waals surface area contributed by atoms with E-state index in [1.165, 1.54) is 0 Å². The van der Waals surface area contributed by atoms with Gasteiger partial charge in [0.15, 0.2) is 0 Å². The molecule has 0 radical (unpaired) electrons. The van der Waals surface area contributed by atoms with E-state index >= 15 is 0 Å². The van der Waals surface area contributed by atoms with E-state index in [0.717, 1.165) is 18.8 Å². The summed E-state index contributed by atoms with van der Waals surface area (Å²) in [6.07, 6.45) is 4.20. The van der Waals surface area contributed by atoms with Crippen molar-refractivity contribution in [3.8, 4) is 0 Å². The minimum atomic E-state index is -1.15. The highest BCUT2D eigenvalue weighted by molar-refractivity contribution is 6.03. The van der Waals surface area contributed by atoms with Gasteiger partial charge in [0.05, 0.1) is 30.7 Å². The van der Waals surface area contributed by atoms with Gasteiger partial charge in [-0.3, -0.25) is 19.3 Å². The zero-order valence-electron chi connectivity index (χ0n) is 25.5. The van der Waals surface area contributed by atoms with E-state index in [9.17, 15) is 19.5 Å². The van der Waals surface area contributed by atoms with Crippen LogP contribution in [0.1, 0.15) is 26.7 Å². The van der Waals surface area contributed by atoms with Crippen molar-refractivity contribution >= 4 is 23.4 Å². The number of carbonyl (C=O) groups is 3. The van der Waals surface area contributed by atoms with Crippen molar-refractivity contribution < 1.29 is 29.0 Å². The number of morpholine rings is 1. The predicted molar refractivity (Wildman–Crippen MR) is 163 cm³/mol. The summed E-state index contributed by atoms with van der Waals surface area (Å²) in [4.78, 5) is 50.8. The van der Waals surface area contributed by atoms with Crippen LogP contribution < -0.4 is 4.90 Å². The SMILES string of the molecule is C=CCN(CCN1CCOCC1)C(=O)C1N(CCCO)C(=O)[C@@H]2[C@H](C(=O)N(CC=C)c3ccccc3)[C@@]3(C)OC12CC3C. The third kappa shape index (κ3) is 5.43. The van der Waals surface area contributed by atoms with E-state index in [-0.39, 0.29) is 43.3 Å². The molecule has 1 aromatic rings. The second-order valence-electron chi connectivity index (χ2n) is 12.4. The van der Waals surface area contributed by atoms with Gasteiger partial charge >= 0.3 is 0 Å². The number of rotatable bonds is 13. The Labute approximate surface area is 254 Å². The molecule has 1 N–H and O–H groups in total. The van der Waals surface area contributed by atoms with Gasteiger partial charge in [-0.1, -0.05) is 37.3 Å². The molecule has 4 heterocycles. The highest BCUT2D eigenvalue weighted by atomic mass is 16.5. The topological polar surface area (TPSA) is 103 Å². The number of amides is 3. The third-order valence-corrected chi connectivity index (χ3v) is 9.97. The fourth-order valence-electron chi connectivity index (χ4n) is 7.81. The van der Waals surface area contributed by atoms with E-state index in [0.29, 0.717) is 45.7 Å². The molecule has 0 saturated carbocycles. The van der Waals surface area contributed by atoms with Crippen LogP contribution >= 0.6 is 0 Å². The number of fused-ring (bicyclic) bond motifs is 1. The maximum atomic E-state index is 14.6. The summed E-state index contributed by atoms with van der Waals surface area (Å²) in [5, 5.41) is 9.71. The van der Waals surface area contributed by atoms with Crippen LogP contribution in [0.3, 0.4) is 0 Å². The maximum absolute atomic E-state index is 14.6. The molecule has 0 aliphatic carbocycles. The number of benzene rings is 1. The Kier molecular flexibility index (Phi) is 9.41. The van der Waals surface area contributed by atoms with Gasteiger partial charge in [0.2, 0.25) is 17.7 Å². The quantitative estimate of drug-likeness (QED) is 0.349. The first-order valence-corrected chi connectivity index (χ1v) is 15.5. The van der Waals surface area contributed by atoms with Gasteiger partial charge in [0.1, 0.15) is 11.6 Å². The summed E-state index contributed by atoms with van der Waals surface area (Å²) in [5.41, 5.74) is -1.35. The Morgan fingerprint density at radius 2 is 1.79 bits per heavy atom. The average Bonchev–Trinajstić information content (AvgIpc) is 3.53. The molecule has 4 aliphatic rings.